The van der Waals surface area contributed by atoms with Gasteiger partial charge in [-0.25, -0.2) is 4.98 Å². The van der Waals surface area contributed by atoms with Crippen molar-refractivity contribution in [3.05, 3.63) is 94.8 Å². The molecule has 0 spiro atoms. The first-order valence-electron chi connectivity index (χ1n) is 15.5. The van der Waals surface area contributed by atoms with Gasteiger partial charge >= 0.3 is 0 Å². The van der Waals surface area contributed by atoms with Gasteiger partial charge in [0.25, 0.3) is 5.91 Å². The maximum Gasteiger partial charge on any atom is 0.253 e. The molecule has 0 saturated carbocycles. The second kappa shape index (κ2) is 11.1. The molecule has 3 saturated heterocycles. The van der Waals surface area contributed by atoms with Gasteiger partial charge in [-0.2, -0.15) is 0 Å². The Morgan fingerprint density at radius 3 is 2.36 bits per heavy atom. The van der Waals surface area contributed by atoms with Gasteiger partial charge in [0.2, 0.25) is 0 Å². The number of amides is 1. The SMILES string of the molecule is Cc1nc2ccccc2n1C1C[C@H]2CC[C@@H](C1)N2CCC1(c2ccccc2)CCN(C(=O)c2ccc(Cl)c(N)c2)CC1. The molecule has 3 aromatic carbocycles. The third-order valence-electron chi connectivity index (χ3n) is 10.5. The van der Waals surface area contributed by atoms with E-state index in [-0.39, 0.29) is 11.3 Å². The number of aromatic nitrogens is 2. The third kappa shape index (κ3) is 4.88. The maximum absolute atomic E-state index is 13.4. The van der Waals surface area contributed by atoms with Crippen LogP contribution in [0.15, 0.2) is 72.8 Å². The summed E-state index contributed by atoms with van der Waals surface area (Å²) in [6, 6.07) is 26.6. The molecule has 0 radical (unpaired) electrons. The zero-order valence-corrected chi connectivity index (χ0v) is 25.1. The van der Waals surface area contributed by atoms with Crippen LogP contribution in [0.1, 0.15) is 72.7 Å². The van der Waals surface area contributed by atoms with Crippen molar-refractivity contribution in [1.82, 2.24) is 19.4 Å². The summed E-state index contributed by atoms with van der Waals surface area (Å²) in [6.07, 6.45) is 8.04. The summed E-state index contributed by atoms with van der Waals surface area (Å²) in [6.45, 7) is 4.77. The van der Waals surface area contributed by atoms with Gasteiger partial charge in [0.05, 0.1) is 21.7 Å². The number of hydrogen-bond donors (Lipinski definition) is 1. The van der Waals surface area contributed by atoms with Crippen molar-refractivity contribution >= 4 is 34.2 Å². The highest BCUT2D eigenvalue weighted by molar-refractivity contribution is 6.33. The molecular weight excluding hydrogens is 542 g/mol. The molecule has 1 unspecified atom stereocenters. The fraction of sp³-hybridized carbons (Fsp3) is 0.429. The molecule has 1 aromatic heterocycles. The monoisotopic (exact) mass is 581 g/mol. The number of aryl methyl sites for hydroxylation is 1. The van der Waals surface area contributed by atoms with Crippen LogP contribution >= 0.6 is 11.6 Å². The lowest BCUT2D eigenvalue weighted by Crippen LogP contribution is -2.49. The van der Waals surface area contributed by atoms with E-state index in [1.165, 1.54) is 36.8 Å². The Balaban J connectivity index is 1.06. The third-order valence-corrected chi connectivity index (χ3v) is 10.8. The highest BCUT2D eigenvalue weighted by Crippen LogP contribution is 2.45. The minimum Gasteiger partial charge on any atom is -0.398 e. The van der Waals surface area contributed by atoms with Crippen LogP contribution in [0.5, 0.6) is 0 Å². The number of para-hydroxylation sites is 2. The fourth-order valence-corrected chi connectivity index (χ4v) is 8.38. The van der Waals surface area contributed by atoms with Crippen LogP contribution in [-0.4, -0.2) is 57.0 Å². The van der Waals surface area contributed by atoms with Gasteiger partial charge in [0, 0.05) is 36.8 Å². The molecule has 4 aromatic rings. The molecule has 218 valence electrons. The summed E-state index contributed by atoms with van der Waals surface area (Å²) in [4.78, 5) is 23.1. The van der Waals surface area contributed by atoms with Crippen molar-refractivity contribution in [1.29, 1.82) is 0 Å². The zero-order chi connectivity index (χ0) is 28.8. The predicted octanol–water partition coefficient (Wildman–Crippen LogP) is 7.01. The number of nitrogens with two attached hydrogens (primary N) is 1. The van der Waals surface area contributed by atoms with E-state index in [9.17, 15) is 4.79 Å². The van der Waals surface area contributed by atoms with E-state index in [4.69, 9.17) is 22.3 Å². The Morgan fingerprint density at radius 2 is 1.64 bits per heavy atom. The Labute approximate surface area is 253 Å². The topological polar surface area (TPSA) is 67.4 Å². The molecule has 3 aliphatic heterocycles. The van der Waals surface area contributed by atoms with Crippen LogP contribution in [-0.2, 0) is 5.41 Å². The van der Waals surface area contributed by atoms with Gasteiger partial charge < -0.3 is 15.2 Å². The standard InChI is InChI=1S/C35H40ClN5O/c1-24-38-32-9-5-6-10-33(32)41(24)29-22-27-12-13-28(23-29)40(27)20-17-35(26-7-3-2-4-8-26)15-18-39(19-16-35)34(42)25-11-14-30(36)31(37)21-25/h2-11,14,21,27-29H,12-13,15-20,22-23,37H2,1H3/t27-,28+,29?. The lowest BCUT2D eigenvalue weighted by Gasteiger charge is -2.45. The smallest absolute Gasteiger partial charge is 0.253 e. The average Bonchev–Trinajstić information content (AvgIpc) is 3.48. The molecular formula is C35H40ClN5O. The number of nitrogens with zero attached hydrogens (tertiary/aromatic N) is 4. The fourth-order valence-electron chi connectivity index (χ4n) is 8.26. The molecule has 3 fully saturated rings. The zero-order valence-electron chi connectivity index (χ0n) is 24.4. The molecule has 7 heteroatoms. The molecule has 6 nitrogen and oxygen atoms in total. The van der Waals surface area contributed by atoms with Crippen molar-refractivity contribution in [3.63, 3.8) is 0 Å². The minimum absolute atomic E-state index is 0.0439. The summed E-state index contributed by atoms with van der Waals surface area (Å²) >= 11 is 6.11. The molecule has 1 amide bonds. The number of likely N-dealkylation sites (tertiary alicyclic amines) is 1. The highest BCUT2D eigenvalue weighted by atomic mass is 35.5. The van der Waals surface area contributed by atoms with Crippen molar-refractivity contribution < 1.29 is 4.79 Å². The minimum atomic E-state index is 0.0439. The lowest BCUT2D eigenvalue weighted by molar-refractivity contribution is 0.0607. The van der Waals surface area contributed by atoms with E-state index in [1.54, 1.807) is 18.2 Å². The molecule has 2 N–H and O–H groups in total. The van der Waals surface area contributed by atoms with Crippen LogP contribution in [0.25, 0.3) is 11.0 Å². The van der Waals surface area contributed by atoms with Gasteiger partial charge in [-0.3, -0.25) is 9.69 Å². The van der Waals surface area contributed by atoms with Crippen molar-refractivity contribution in [3.8, 4) is 0 Å². The predicted molar refractivity (Wildman–Crippen MR) is 170 cm³/mol. The normalized spacial score (nSPS) is 23.9. The van der Waals surface area contributed by atoms with E-state index in [1.807, 2.05) is 4.90 Å². The number of benzene rings is 3. The van der Waals surface area contributed by atoms with E-state index in [2.05, 4.69) is 71.0 Å². The Bertz CT molecular complexity index is 1580. The maximum atomic E-state index is 13.4. The summed E-state index contributed by atoms with van der Waals surface area (Å²) in [5.74, 6) is 1.18. The Hall–Kier alpha value is -3.35. The number of rotatable bonds is 6. The number of nitrogen functional groups attached to an aromatic ring is 1. The van der Waals surface area contributed by atoms with Crippen molar-refractivity contribution in [2.45, 2.75) is 75.4 Å². The van der Waals surface area contributed by atoms with Gasteiger partial charge in [0.1, 0.15) is 5.82 Å². The molecule has 7 rings (SSSR count). The first kappa shape index (κ1) is 27.5. The summed E-state index contributed by atoms with van der Waals surface area (Å²) in [7, 11) is 0. The van der Waals surface area contributed by atoms with Gasteiger partial charge in [0.15, 0.2) is 0 Å². The molecule has 0 aliphatic carbocycles. The van der Waals surface area contributed by atoms with Crippen LogP contribution in [0.3, 0.4) is 0 Å². The highest BCUT2D eigenvalue weighted by Gasteiger charge is 2.44. The Kier molecular flexibility index (Phi) is 7.23. The Morgan fingerprint density at radius 1 is 0.952 bits per heavy atom. The van der Waals surface area contributed by atoms with Gasteiger partial charge in [-0.15, -0.1) is 0 Å². The molecule has 42 heavy (non-hydrogen) atoms. The molecule has 2 bridgehead atoms. The van der Waals surface area contributed by atoms with E-state index < -0.39 is 0 Å². The molecule has 3 atom stereocenters. The van der Waals surface area contributed by atoms with Crippen LogP contribution in [0, 0.1) is 6.92 Å². The first-order valence-corrected chi connectivity index (χ1v) is 15.9. The second-order valence-electron chi connectivity index (χ2n) is 12.7. The van der Waals surface area contributed by atoms with Gasteiger partial charge in [-0.1, -0.05) is 54.1 Å². The number of hydrogen-bond acceptors (Lipinski definition) is 4. The molecule has 4 heterocycles. The average molecular weight is 582 g/mol. The number of fused-ring (bicyclic) bond motifs is 3. The number of anilines is 1. The number of carbonyl (C=O) groups is 1. The second-order valence-corrected chi connectivity index (χ2v) is 13.1. The number of piperidine rings is 2. The van der Waals surface area contributed by atoms with Crippen LogP contribution in [0.4, 0.5) is 5.69 Å². The number of carbonyl (C=O) groups excluding carboxylic acids is 1. The van der Waals surface area contributed by atoms with E-state index >= 15 is 0 Å². The van der Waals surface area contributed by atoms with E-state index in [0.29, 0.717) is 34.4 Å². The van der Waals surface area contributed by atoms with Crippen LogP contribution in [0.2, 0.25) is 5.02 Å². The largest absolute Gasteiger partial charge is 0.398 e. The quantitative estimate of drug-likeness (QED) is 0.249. The summed E-state index contributed by atoms with van der Waals surface area (Å²) in [5, 5.41) is 0.486. The summed E-state index contributed by atoms with van der Waals surface area (Å²) < 4.78 is 2.52. The van der Waals surface area contributed by atoms with Gasteiger partial charge in [-0.05, 0) is 99.7 Å². The molecule has 3 aliphatic rings. The van der Waals surface area contributed by atoms with Crippen molar-refractivity contribution in [2.24, 2.45) is 0 Å². The summed E-state index contributed by atoms with van der Waals surface area (Å²) in [5.41, 5.74) is 10.9. The van der Waals surface area contributed by atoms with Crippen molar-refractivity contribution in [2.75, 3.05) is 25.4 Å². The number of halogens is 1. The van der Waals surface area contributed by atoms with Crippen LogP contribution < -0.4 is 5.73 Å². The number of imidazole rings is 1. The first-order chi connectivity index (χ1) is 20.4. The van der Waals surface area contributed by atoms with E-state index in [0.717, 1.165) is 50.2 Å². The lowest BCUT2D eigenvalue weighted by atomic mass is 9.70.